The maximum Gasteiger partial charge on any atom is 0.201 e. The minimum Gasteiger partial charge on any atom is -0.375 e. The smallest absolute Gasteiger partial charge is 0.201 e. The Morgan fingerprint density at radius 2 is 2.33 bits per heavy atom. The summed E-state index contributed by atoms with van der Waals surface area (Å²) in [6, 6.07) is 0. The molecule has 2 fully saturated rings. The average molecular weight is 266 g/mol. The first-order valence-electron chi connectivity index (χ1n) is 6.54. The monoisotopic (exact) mass is 266 g/mol. The number of aromatic nitrogens is 2. The zero-order chi connectivity index (χ0) is 12.4. The van der Waals surface area contributed by atoms with Gasteiger partial charge in [-0.25, -0.2) is 4.98 Å². The van der Waals surface area contributed by atoms with Crippen LogP contribution in [0.1, 0.15) is 36.3 Å². The zero-order valence-corrected chi connectivity index (χ0v) is 11.2. The van der Waals surface area contributed by atoms with Crippen molar-refractivity contribution in [1.82, 2.24) is 9.97 Å². The molecular formula is C13H18N2O2S. The first kappa shape index (κ1) is 12.2. The molecule has 0 aliphatic carbocycles. The molecule has 1 N–H and O–H groups in total. The maximum atomic E-state index is 12.3. The van der Waals surface area contributed by atoms with Crippen LogP contribution in [0, 0.1) is 5.92 Å². The van der Waals surface area contributed by atoms with Crippen molar-refractivity contribution >= 4 is 17.5 Å². The summed E-state index contributed by atoms with van der Waals surface area (Å²) in [5.41, 5.74) is -0.0313. The number of aromatic amines is 1. The lowest BCUT2D eigenvalue weighted by Crippen LogP contribution is -2.44. The molecule has 0 aromatic carbocycles. The number of carbonyl (C=O) groups is 1. The van der Waals surface area contributed by atoms with Crippen molar-refractivity contribution in [2.24, 2.45) is 5.92 Å². The van der Waals surface area contributed by atoms with Crippen molar-refractivity contribution in [3.05, 3.63) is 18.2 Å². The van der Waals surface area contributed by atoms with E-state index in [4.69, 9.17) is 4.74 Å². The number of hydrogen-bond donors (Lipinski definition) is 1. The number of carbonyl (C=O) groups excluding carboxylic acids is 1. The van der Waals surface area contributed by atoms with E-state index in [1.54, 1.807) is 12.4 Å². The average Bonchev–Trinajstić information content (AvgIpc) is 2.93. The summed E-state index contributed by atoms with van der Waals surface area (Å²) in [7, 11) is 0. The third kappa shape index (κ3) is 2.34. The van der Waals surface area contributed by atoms with Gasteiger partial charge in [-0.1, -0.05) is 0 Å². The Kier molecular flexibility index (Phi) is 3.43. The number of nitrogens with zero attached hydrogens (tertiary/aromatic N) is 1. The second-order valence-electron chi connectivity index (χ2n) is 5.14. The molecule has 0 radical (unpaired) electrons. The fraction of sp³-hybridized carbons (Fsp3) is 0.692. The van der Waals surface area contributed by atoms with Crippen molar-refractivity contribution in [1.29, 1.82) is 0 Å². The lowest BCUT2D eigenvalue weighted by atomic mass is 9.80. The molecule has 4 nitrogen and oxygen atoms in total. The van der Waals surface area contributed by atoms with Gasteiger partial charge in [-0.15, -0.1) is 0 Å². The molecule has 2 saturated heterocycles. The Morgan fingerprint density at radius 3 is 3.06 bits per heavy atom. The molecule has 2 aliphatic rings. The van der Waals surface area contributed by atoms with Crippen LogP contribution in [0.4, 0.5) is 0 Å². The lowest BCUT2D eigenvalue weighted by Gasteiger charge is -2.42. The fourth-order valence-electron chi connectivity index (χ4n) is 2.94. The van der Waals surface area contributed by atoms with Crippen LogP contribution in [-0.4, -0.2) is 39.5 Å². The highest BCUT2D eigenvalue weighted by atomic mass is 32.2. The molecule has 1 spiro atoms. The van der Waals surface area contributed by atoms with Gasteiger partial charge in [-0.05, 0) is 37.2 Å². The van der Waals surface area contributed by atoms with E-state index in [0.717, 1.165) is 37.2 Å². The molecule has 1 unspecified atom stereocenters. The predicted octanol–water partition coefficient (Wildman–Crippen LogP) is 2.28. The summed E-state index contributed by atoms with van der Waals surface area (Å²) >= 11 is 1.99. The summed E-state index contributed by atoms with van der Waals surface area (Å²) in [6.45, 7) is 0.710. The molecule has 0 bridgehead atoms. The van der Waals surface area contributed by atoms with Crippen LogP contribution in [-0.2, 0) is 4.74 Å². The van der Waals surface area contributed by atoms with Gasteiger partial charge in [0.1, 0.15) is 0 Å². The summed E-state index contributed by atoms with van der Waals surface area (Å²) < 4.78 is 6.01. The number of hydrogen-bond acceptors (Lipinski definition) is 4. The molecule has 3 rings (SSSR count). The second kappa shape index (κ2) is 5.05. The molecule has 5 heteroatoms. The van der Waals surface area contributed by atoms with Crippen molar-refractivity contribution in [3.8, 4) is 0 Å². The minimum absolute atomic E-state index is 0.0313. The van der Waals surface area contributed by atoms with Crippen LogP contribution in [0.5, 0.6) is 0 Å². The van der Waals surface area contributed by atoms with E-state index < -0.39 is 0 Å². The van der Waals surface area contributed by atoms with Crippen molar-refractivity contribution < 1.29 is 9.53 Å². The Bertz CT molecular complexity index is 407. The molecule has 3 heterocycles. The number of ether oxygens (including phenoxy) is 1. The van der Waals surface area contributed by atoms with Crippen molar-refractivity contribution in [2.75, 3.05) is 18.1 Å². The summed E-state index contributed by atoms with van der Waals surface area (Å²) in [6.07, 6.45) is 7.21. The van der Waals surface area contributed by atoms with E-state index in [1.807, 2.05) is 11.8 Å². The summed E-state index contributed by atoms with van der Waals surface area (Å²) in [4.78, 5) is 19.3. The fourth-order valence-corrected chi connectivity index (χ4v) is 4.17. The van der Waals surface area contributed by atoms with E-state index in [-0.39, 0.29) is 17.3 Å². The Hall–Kier alpha value is -0.810. The largest absolute Gasteiger partial charge is 0.375 e. The molecule has 1 aromatic heterocycles. The number of rotatable bonds is 2. The third-order valence-electron chi connectivity index (χ3n) is 4.00. The molecule has 98 valence electrons. The number of H-pyrrole nitrogens is 1. The van der Waals surface area contributed by atoms with Gasteiger partial charge in [-0.2, -0.15) is 11.8 Å². The quantitative estimate of drug-likeness (QED) is 0.834. The van der Waals surface area contributed by atoms with Crippen LogP contribution in [0.15, 0.2) is 12.4 Å². The molecule has 1 aromatic rings. The van der Waals surface area contributed by atoms with Gasteiger partial charge in [0, 0.05) is 24.9 Å². The zero-order valence-electron chi connectivity index (χ0n) is 10.4. The van der Waals surface area contributed by atoms with E-state index in [2.05, 4.69) is 9.97 Å². The van der Waals surface area contributed by atoms with Gasteiger partial charge >= 0.3 is 0 Å². The molecule has 2 aliphatic heterocycles. The van der Waals surface area contributed by atoms with Crippen LogP contribution in [0.25, 0.3) is 0 Å². The Balaban J connectivity index is 1.72. The van der Waals surface area contributed by atoms with Gasteiger partial charge in [0.2, 0.25) is 5.78 Å². The third-order valence-corrected chi connectivity index (χ3v) is 4.99. The van der Waals surface area contributed by atoms with Crippen LogP contribution in [0.2, 0.25) is 0 Å². The minimum atomic E-state index is -0.0313. The Morgan fingerprint density at radius 1 is 1.50 bits per heavy atom. The molecular weight excluding hydrogens is 248 g/mol. The number of imidazole rings is 1. The van der Waals surface area contributed by atoms with Gasteiger partial charge in [-0.3, -0.25) is 4.79 Å². The molecule has 0 amide bonds. The van der Waals surface area contributed by atoms with Crippen LogP contribution < -0.4 is 0 Å². The second-order valence-corrected chi connectivity index (χ2v) is 6.36. The summed E-state index contributed by atoms with van der Waals surface area (Å²) in [5, 5.41) is 0. The van der Waals surface area contributed by atoms with E-state index >= 15 is 0 Å². The van der Waals surface area contributed by atoms with Gasteiger partial charge in [0.05, 0.1) is 5.60 Å². The van der Waals surface area contributed by atoms with Crippen molar-refractivity contribution in [3.63, 3.8) is 0 Å². The van der Waals surface area contributed by atoms with E-state index in [0.29, 0.717) is 12.4 Å². The Labute approximate surface area is 111 Å². The van der Waals surface area contributed by atoms with Crippen molar-refractivity contribution in [2.45, 2.75) is 31.3 Å². The molecule has 18 heavy (non-hydrogen) atoms. The van der Waals surface area contributed by atoms with Gasteiger partial charge in [0.15, 0.2) is 5.82 Å². The van der Waals surface area contributed by atoms with Crippen LogP contribution >= 0.6 is 11.8 Å². The lowest BCUT2D eigenvalue weighted by molar-refractivity contribution is -0.0960. The normalized spacial score (nSPS) is 27.2. The highest BCUT2D eigenvalue weighted by Gasteiger charge is 2.41. The first-order valence-corrected chi connectivity index (χ1v) is 7.70. The van der Waals surface area contributed by atoms with Crippen LogP contribution in [0.3, 0.4) is 0 Å². The summed E-state index contributed by atoms with van der Waals surface area (Å²) in [5.74, 6) is 3.04. The molecule has 1 atom stereocenters. The van der Waals surface area contributed by atoms with Gasteiger partial charge < -0.3 is 9.72 Å². The number of ketones is 1. The van der Waals surface area contributed by atoms with E-state index in [9.17, 15) is 4.79 Å². The first-order chi connectivity index (χ1) is 8.79. The maximum absolute atomic E-state index is 12.3. The highest BCUT2D eigenvalue weighted by molar-refractivity contribution is 7.99. The highest BCUT2D eigenvalue weighted by Crippen LogP contribution is 2.40. The standard InChI is InChI=1S/C13H18N2O2S/c16-11(12-14-4-5-15-12)10-1-6-17-13(9-10)2-7-18-8-3-13/h4-5,10H,1-3,6-9H2,(H,14,15). The predicted molar refractivity (Wildman–Crippen MR) is 70.9 cm³/mol. The number of nitrogens with one attached hydrogen (secondary N) is 1. The SMILES string of the molecule is O=C(c1ncc[nH]1)C1CCOC2(CCSCC2)C1. The topological polar surface area (TPSA) is 55.0 Å². The number of thioether (sulfide) groups is 1. The van der Waals surface area contributed by atoms with E-state index in [1.165, 1.54) is 0 Å². The van der Waals surface area contributed by atoms with Gasteiger partial charge in [0.25, 0.3) is 0 Å². The number of Topliss-reactive ketones (excluding diaryl/α,β-unsaturated/α-hetero) is 1. The molecule has 0 saturated carbocycles.